The number of hydrogen-bond acceptors (Lipinski definition) is 3. The number of nitrogens with one attached hydrogen (secondary N) is 1. The first-order chi connectivity index (χ1) is 7.70. The highest BCUT2D eigenvalue weighted by Gasteiger charge is 2.51. The fourth-order valence-corrected chi connectivity index (χ4v) is 2.46. The molecule has 0 aromatic heterocycles. The molecule has 1 aliphatic rings. The second-order valence-corrected chi connectivity index (χ2v) is 6.29. The molecular formula is C13H25NO3. The maximum Gasteiger partial charge on any atom is 0.309 e. The van der Waals surface area contributed by atoms with Crippen LogP contribution in [0.4, 0.5) is 0 Å². The molecule has 0 aromatic rings. The highest BCUT2D eigenvalue weighted by molar-refractivity contribution is 5.73. The average molecular weight is 243 g/mol. The Hall–Kier alpha value is -0.610. The number of carboxylic acid groups (broad SMARTS) is 1. The van der Waals surface area contributed by atoms with E-state index in [0.717, 1.165) is 13.0 Å². The molecule has 0 aromatic carbocycles. The molecule has 17 heavy (non-hydrogen) atoms. The Morgan fingerprint density at radius 3 is 2.41 bits per heavy atom. The van der Waals surface area contributed by atoms with Crippen LogP contribution in [0, 0.1) is 10.8 Å². The monoisotopic (exact) mass is 243 g/mol. The summed E-state index contributed by atoms with van der Waals surface area (Å²) in [6.07, 6.45) is 1.93. The van der Waals surface area contributed by atoms with Gasteiger partial charge in [-0.1, -0.05) is 20.8 Å². The number of epoxide rings is 1. The summed E-state index contributed by atoms with van der Waals surface area (Å²) >= 11 is 0. The lowest BCUT2D eigenvalue weighted by molar-refractivity contribution is -0.148. The molecule has 0 spiro atoms. The summed E-state index contributed by atoms with van der Waals surface area (Å²) in [7, 11) is 0. The first kappa shape index (κ1) is 14.5. The number of carbonyl (C=O) groups is 1. The van der Waals surface area contributed by atoms with E-state index in [1.807, 2.05) is 0 Å². The van der Waals surface area contributed by atoms with Crippen LogP contribution in [0.3, 0.4) is 0 Å². The first-order valence-electron chi connectivity index (χ1n) is 6.33. The van der Waals surface area contributed by atoms with E-state index in [1.54, 1.807) is 13.8 Å². The van der Waals surface area contributed by atoms with Crippen LogP contribution in [-0.4, -0.2) is 30.0 Å². The summed E-state index contributed by atoms with van der Waals surface area (Å²) in [6.45, 7) is 10.8. The van der Waals surface area contributed by atoms with Crippen molar-refractivity contribution in [1.82, 2.24) is 5.32 Å². The van der Waals surface area contributed by atoms with Crippen molar-refractivity contribution in [3.63, 3.8) is 0 Å². The lowest BCUT2D eigenvalue weighted by Gasteiger charge is -2.31. The molecule has 1 saturated heterocycles. The Morgan fingerprint density at radius 1 is 1.35 bits per heavy atom. The van der Waals surface area contributed by atoms with Crippen molar-refractivity contribution in [3.8, 4) is 0 Å². The van der Waals surface area contributed by atoms with Gasteiger partial charge in [-0.25, -0.2) is 0 Å². The predicted molar refractivity (Wildman–Crippen MR) is 66.8 cm³/mol. The highest BCUT2D eigenvalue weighted by Crippen LogP contribution is 2.44. The summed E-state index contributed by atoms with van der Waals surface area (Å²) in [4.78, 5) is 11.1. The standard InChI is InChI=1S/C13H25NO3/c1-6-7-14-10-9(17-10)12(2,3)8-13(4,5)11(15)16/h9-10,14H,6-8H2,1-5H3,(H,15,16). The van der Waals surface area contributed by atoms with Crippen molar-refractivity contribution in [2.45, 2.75) is 59.8 Å². The molecular weight excluding hydrogens is 218 g/mol. The van der Waals surface area contributed by atoms with Gasteiger partial charge in [0, 0.05) is 0 Å². The molecule has 1 fully saturated rings. The molecule has 0 bridgehead atoms. The minimum atomic E-state index is -0.746. The van der Waals surface area contributed by atoms with E-state index in [-0.39, 0.29) is 17.7 Å². The van der Waals surface area contributed by atoms with E-state index >= 15 is 0 Å². The zero-order chi connectivity index (χ0) is 13.3. The molecule has 0 radical (unpaired) electrons. The van der Waals surface area contributed by atoms with E-state index in [2.05, 4.69) is 26.1 Å². The Bertz CT molecular complexity index is 286. The van der Waals surface area contributed by atoms with Crippen LogP contribution in [0.15, 0.2) is 0 Å². The van der Waals surface area contributed by atoms with Crippen LogP contribution in [-0.2, 0) is 9.53 Å². The average Bonchev–Trinajstić information content (AvgIpc) is 2.92. The zero-order valence-electron chi connectivity index (χ0n) is 11.5. The molecule has 2 N–H and O–H groups in total. The molecule has 0 aliphatic carbocycles. The molecule has 100 valence electrons. The summed E-state index contributed by atoms with van der Waals surface area (Å²) in [6, 6.07) is 0. The zero-order valence-corrected chi connectivity index (χ0v) is 11.5. The van der Waals surface area contributed by atoms with Crippen LogP contribution < -0.4 is 5.32 Å². The number of hydrogen-bond donors (Lipinski definition) is 2. The number of aliphatic carboxylic acids is 1. The highest BCUT2D eigenvalue weighted by atomic mass is 16.6. The number of rotatable bonds is 7. The van der Waals surface area contributed by atoms with Crippen LogP contribution in [0.5, 0.6) is 0 Å². The Labute approximate surface area is 104 Å². The Balaban J connectivity index is 2.50. The Morgan fingerprint density at radius 2 is 1.94 bits per heavy atom. The van der Waals surface area contributed by atoms with E-state index in [9.17, 15) is 4.79 Å². The normalized spacial score (nSPS) is 24.8. The summed E-state index contributed by atoms with van der Waals surface area (Å²) in [5.41, 5.74) is -0.821. The summed E-state index contributed by atoms with van der Waals surface area (Å²) in [5.74, 6) is -0.746. The third kappa shape index (κ3) is 3.68. The molecule has 0 amide bonds. The van der Waals surface area contributed by atoms with Gasteiger partial charge in [0.1, 0.15) is 12.3 Å². The lowest BCUT2D eigenvalue weighted by atomic mass is 9.73. The largest absolute Gasteiger partial charge is 0.481 e. The second kappa shape index (κ2) is 4.94. The van der Waals surface area contributed by atoms with Gasteiger partial charge in [-0.15, -0.1) is 0 Å². The maximum atomic E-state index is 11.1. The van der Waals surface area contributed by atoms with Gasteiger partial charge in [-0.2, -0.15) is 0 Å². The quantitative estimate of drug-likeness (QED) is 0.673. The minimum absolute atomic E-state index is 0.106. The molecule has 0 saturated carbocycles. The summed E-state index contributed by atoms with van der Waals surface area (Å²) in [5, 5.41) is 12.5. The molecule has 1 heterocycles. The van der Waals surface area contributed by atoms with Gasteiger partial charge in [0.15, 0.2) is 0 Å². The molecule has 1 aliphatic heterocycles. The molecule has 2 atom stereocenters. The smallest absolute Gasteiger partial charge is 0.309 e. The first-order valence-corrected chi connectivity index (χ1v) is 6.33. The molecule has 4 heteroatoms. The molecule has 2 unspecified atom stereocenters. The third-order valence-electron chi connectivity index (χ3n) is 3.33. The van der Waals surface area contributed by atoms with Crippen LogP contribution in [0.2, 0.25) is 0 Å². The van der Waals surface area contributed by atoms with E-state index in [1.165, 1.54) is 0 Å². The van der Waals surface area contributed by atoms with Crippen LogP contribution in [0.25, 0.3) is 0 Å². The fourth-order valence-electron chi connectivity index (χ4n) is 2.46. The lowest BCUT2D eigenvalue weighted by Crippen LogP contribution is -2.35. The molecule has 4 nitrogen and oxygen atoms in total. The number of ether oxygens (including phenoxy) is 1. The topological polar surface area (TPSA) is 61.9 Å². The van der Waals surface area contributed by atoms with E-state index < -0.39 is 11.4 Å². The predicted octanol–water partition coefficient (Wildman–Crippen LogP) is 2.24. The van der Waals surface area contributed by atoms with Gasteiger partial charge >= 0.3 is 5.97 Å². The van der Waals surface area contributed by atoms with Crippen molar-refractivity contribution < 1.29 is 14.6 Å². The van der Waals surface area contributed by atoms with Crippen molar-refractivity contribution in [1.29, 1.82) is 0 Å². The fraction of sp³-hybridized carbons (Fsp3) is 0.923. The van der Waals surface area contributed by atoms with Gasteiger partial charge in [-0.3, -0.25) is 10.1 Å². The summed E-state index contributed by atoms with van der Waals surface area (Å²) < 4.78 is 5.61. The SMILES string of the molecule is CCCNC1OC1C(C)(C)CC(C)(C)C(=O)O. The third-order valence-corrected chi connectivity index (χ3v) is 3.33. The van der Waals surface area contributed by atoms with Crippen LogP contribution in [0.1, 0.15) is 47.5 Å². The van der Waals surface area contributed by atoms with Crippen molar-refractivity contribution in [3.05, 3.63) is 0 Å². The van der Waals surface area contributed by atoms with E-state index in [0.29, 0.717) is 6.42 Å². The van der Waals surface area contributed by atoms with Gasteiger partial charge in [-0.05, 0) is 38.6 Å². The molecule has 1 rings (SSSR count). The van der Waals surface area contributed by atoms with E-state index in [4.69, 9.17) is 9.84 Å². The van der Waals surface area contributed by atoms with Crippen LogP contribution >= 0.6 is 0 Å². The Kier molecular flexibility index (Phi) is 4.20. The van der Waals surface area contributed by atoms with Crippen molar-refractivity contribution >= 4 is 5.97 Å². The second-order valence-electron chi connectivity index (χ2n) is 6.29. The van der Waals surface area contributed by atoms with Crippen molar-refractivity contribution in [2.24, 2.45) is 10.8 Å². The number of carboxylic acids is 1. The van der Waals surface area contributed by atoms with Gasteiger partial charge < -0.3 is 9.84 Å². The van der Waals surface area contributed by atoms with Crippen molar-refractivity contribution in [2.75, 3.05) is 6.54 Å². The minimum Gasteiger partial charge on any atom is -0.481 e. The van der Waals surface area contributed by atoms with Gasteiger partial charge in [0.05, 0.1) is 5.41 Å². The van der Waals surface area contributed by atoms with Gasteiger partial charge in [0.2, 0.25) is 0 Å². The van der Waals surface area contributed by atoms with Gasteiger partial charge in [0.25, 0.3) is 0 Å². The maximum absolute atomic E-state index is 11.1.